The van der Waals surface area contributed by atoms with Gasteiger partial charge in [0, 0.05) is 37.8 Å². The number of aliphatic hydroxyl groups is 1. The van der Waals surface area contributed by atoms with Gasteiger partial charge in [-0.05, 0) is 50.0 Å². The Hall–Kier alpha value is -2.02. The fraction of sp³-hybridized carbons (Fsp3) is 0.429. The van der Waals surface area contributed by atoms with Crippen molar-refractivity contribution >= 4 is 0 Å². The van der Waals surface area contributed by atoms with Crippen LogP contribution in [0.5, 0.6) is 11.5 Å². The number of aliphatic hydroxyl groups excluding tert-OH is 1. The Morgan fingerprint density at radius 2 is 1.67 bits per heavy atom. The van der Waals surface area contributed by atoms with E-state index in [1.165, 1.54) is 0 Å². The quantitative estimate of drug-likeness (QED) is 0.690. The molecule has 3 rings (SSSR count). The van der Waals surface area contributed by atoms with Crippen molar-refractivity contribution in [2.24, 2.45) is 0 Å². The van der Waals surface area contributed by atoms with Crippen LogP contribution in [0.1, 0.15) is 24.8 Å². The summed E-state index contributed by atoms with van der Waals surface area (Å²) in [6.45, 7) is 4.71. The Morgan fingerprint density at radius 3 is 2.33 bits per heavy atom. The zero-order valence-electron chi connectivity index (χ0n) is 15.3. The van der Waals surface area contributed by atoms with E-state index in [1.807, 2.05) is 12.1 Å². The van der Waals surface area contributed by atoms with E-state index in [-0.39, 0.29) is 11.9 Å². The lowest BCUT2D eigenvalue weighted by Gasteiger charge is -2.29. The van der Waals surface area contributed by atoms with Crippen molar-refractivity contribution in [1.82, 2.24) is 10.2 Å². The van der Waals surface area contributed by atoms with Gasteiger partial charge in [-0.25, -0.2) is 8.78 Å². The lowest BCUT2D eigenvalue weighted by molar-refractivity contribution is 0.0821. The molecule has 2 aromatic rings. The average molecular weight is 376 g/mol. The Bertz CT molecular complexity index is 696. The first-order valence-electron chi connectivity index (χ1n) is 9.42. The number of rotatable bonds is 8. The molecule has 0 amide bonds. The van der Waals surface area contributed by atoms with Gasteiger partial charge in [-0.2, -0.15) is 0 Å². The van der Waals surface area contributed by atoms with E-state index in [0.717, 1.165) is 75.7 Å². The summed E-state index contributed by atoms with van der Waals surface area (Å²) in [6, 6.07) is 10.6. The van der Waals surface area contributed by atoms with Gasteiger partial charge in [0.25, 0.3) is 0 Å². The molecule has 1 saturated heterocycles. The molecule has 0 atom stereocenters. The van der Waals surface area contributed by atoms with E-state index in [0.29, 0.717) is 5.75 Å². The molecule has 0 radical (unpaired) electrons. The predicted octanol–water partition coefficient (Wildman–Crippen LogP) is 3.69. The van der Waals surface area contributed by atoms with Gasteiger partial charge in [-0.15, -0.1) is 0 Å². The van der Waals surface area contributed by atoms with Crippen molar-refractivity contribution < 1.29 is 18.6 Å². The maximum atomic E-state index is 13.2. The second-order valence-corrected chi connectivity index (χ2v) is 6.95. The Kier molecular flexibility index (Phi) is 7.15. The standard InChI is InChI=1S/C21H26F2N2O2/c22-17-12-18(23)14-21(13-17)27-20-4-2-16(3-5-20)15-24-8-1-9-25-10-6-19(26)7-11-25/h2-5,12-14,19,24,26H,1,6-11,15H2. The largest absolute Gasteiger partial charge is 0.457 e. The minimum Gasteiger partial charge on any atom is -0.457 e. The number of nitrogens with zero attached hydrogens (tertiary/aromatic N) is 1. The molecular weight excluding hydrogens is 350 g/mol. The molecule has 1 aliphatic rings. The Labute approximate surface area is 158 Å². The SMILES string of the molecule is OC1CCN(CCCNCc2ccc(Oc3cc(F)cc(F)c3)cc2)CC1. The maximum Gasteiger partial charge on any atom is 0.133 e. The van der Waals surface area contributed by atoms with E-state index in [2.05, 4.69) is 10.2 Å². The number of piperidine rings is 1. The fourth-order valence-electron chi connectivity index (χ4n) is 3.20. The first-order chi connectivity index (χ1) is 13.1. The van der Waals surface area contributed by atoms with Crippen molar-refractivity contribution in [3.05, 3.63) is 59.7 Å². The third-order valence-electron chi connectivity index (χ3n) is 4.71. The fourth-order valence-corrected chi connectivity index (χ4v) is 3.20. The number of benzene rings is 2. The van der Waals surface area contributed by atoms with Crippen molar-refractivity contribution in [3.63, 3.8) is 0 Å². The molecule has 2 aromatic carbocycles. The van der Waals surface area contributed by atoms with Crippen molar-refractivity contribution in [1.29, 1.82) is 0 Å². The molecule has 0 unspecified atom stereocenters. The minimum absolute atomic E-state index is 0.119. The molecule has 1 fully saturated rings. The summed E-state index contributed by atoms with van der Waals surface area (Å²) < 4.78 is 31.9. The smallest absolute Gasteiger partial charge is 0.133 e. The minimum atomic E-state index is -0.661. The molecule has 27 heavy (non-hydrogen) atoms. The number of nitrogens with one attached hydrogen (secondary N) is 1. The van der Waals surface area contributed by atoms with Crippen LogP contribution < -0.4 is 10.1 Å². The zero-order valence-corrected chi connectivity index (χ0v) is 15.3. The molecular formula is C21H26F2N2O2. The van der Waals surface area contributed by atoms with E-state index in [4.69, 9.17) is 4.74 Å². The van der Waals surface area contributed by atoms with E-state index >= 15 is 0 Å². The van der Waals surface area contributed by atoms with Crippen LogP contribution in [-0.4, -0.2) is 42.3 Å². The average Bonchev–Trinajstić information content (AvgIpc) is 2.63. The second-order valence-electron chi connectivity index (χ2n) is 6.95. The second kappa shape index (κ2) is 9.78. The van der Waals surface area contributed by atoms with Gasteiger partial charge in [0.15, 0.2) is 0 Å². The highest BCUT2D eigenvalue weighted by Crippen LogP contribution is 2.23. The van der Waals surface area contributed by atoms with Gasteiger partial charge in [-0.3, -0.25) is 0 Å². The molecule has 1 heterocycles. The van der Waals surface area contributed by atoms with E-state index < -0.39 is 11.6 Å². The number of ether oxygens (including phenoxy) is 1. The van der Waals surface area contributed by atoms with Gasteiger partial charge in [0.1, 0.15) is 23.1 Å². The first kappa shape index (κ1) is 19.7. The first-order valence-corrected chi connectivity index (χ1v) is 9.42. The van der Waals surface area contributed by atoms with Crippen LogP contribution in [0.3, 0.4) is 0 Å². The van der Waals surface area contributed by atoms with Crippen LogP contribution in [0.2, 0.25) is 0 Å². The van der Waals surface area contributed by atoms with Gasteiger partial charge in [-0.1, -0.05) is 12.1 Å². The molecule has 0 aromatic heterocycles. The van der Waals surface area contributed by atoms with Crippen LogP contribution in [0.4, 0.5) is 8.78 Å². The van der Waals surface area contributed by atoms with Gasteiger partial charge in [0.2, 0.25) is 0 Å². The van der Waals surface area contributed by atoms with Crippen molar-refractivity contribution in [2.75, 3.05) is 26.2 Å². The van der Waals surface area contributed by atoms with Crippen LogP contribution in [0, 0.1) is 11.6 Å². The van der Waals surface area contributed by atoms with Gasteiger partial charge < -0.3 is 20.1 Å². The zero-order chi connectivity index (χ0) is 19.1. The maximum absolute atomic E-state index is 13.2. The highest BCUT2D eigenvalue weighted by molar-refractivity contribution is 5.33. The molecule has 1 aliphatic heterocycles. The van der Waals surface area contributed by atoms with E-state index in [1.54, 1.807) is 12.1 Å². The molecule has 4 nitrogen and oxygen atoms in total. The molecule has 2 N–H and O–H groups in total. The molecule has 146 valence electrons. The summed E-state index contributed by atoms with van der Waals surface area (Å²) in [5, 5.41) is 12.9. The Balaban J connectivity index is 1.36. The molecule has 6 heteroatoms. The molecule has 0 saturated carbocycles. The lowest BCUT2D eigenvalue weighted by Crippen LogP contribution is -2.37. The topological polar surface area (TPSA) is 44.7 Å². The summed E-state index contributed by atoms with van der Waals surface area (Å²) in [7, 11) is 0. The highest BCUT2D eigenvalue weighted by atomic mass is 19.1. The van der Waals surface area contributed by atoms with Crippen LogP contribution in [-0.2, 0) is 6.54 Å². The van der Waals surface area contributed by atoms with Gasteiger partial charge >= 0.3 is 0 Å². The number of hydrogen-bond donors (Lipinski definition) is 2. The molecule has 0 aliphatic carbocycles. The Morgan fingerprint density at radius 1 is 1.00 bits per heavy atom. The molecule has 0 bridgehead atoms. The summed E-state index contributed by atoms with van der Waals surface area (Å²) in [6.07, 6.45) is 2.71. The van der Waals surface area contributed by atoms with Crippen LogP contribution in [0.15, 0.2) is 42.5 Å². The number of likely N-dealkylation sites (tertiary alicyclic amines) is 1. The third-order valence-corrected chi connectivity index (χ3v) is 4.71. The monoisotopic (exact) mass is 376 g/mol. The number of hydrogen-bond acceptors (Lipinski definition) is 4. The summed E-state index contributed by atoms with van der Waals surface area (Å²) >= 11 is 0. The van der Waals surface area contributed by atoms with Crippen molar-refractivity contribution in [2.45, 2.75) is 31.9 Å². The number of halogens is 2. The summed E-state index contributed by atoms with van der Waals surface area (Å²) in [4.78, 5) is 2.40. The van der Waals surface area contributed by atoms with Crippen molar-refractivity contribution in [3.8, 4) is 11.5 Å². The predicted molar refractivity (Wildman–Crippen MR) is 101 cm³/mol. The van der Waals surface area contributed by atoms with E-state index in [9.17, 15) is 13.9 Å². The summed E-state index contributed by atoms with van der Waals surface area (Å²) in [5.41, 5.74) is 1.12. The summed E-state index contributed by atoms with van der Waals surface area (Å²) in [5.74, 6) is -0.641. The lowest BCUT2D eigenvalue weighted by atomic mass is 10.1. The van der Waals surface area contributed by atoms with Crippen LogP contribution >= 0.6 is 0 Å². The highest BCUT2D eigenvalue weighted by Gasteiger charge is 2.15. The third kappa shape index (κ3) is 6.57. The van der Waals surface area contributed by atoms with Gasteiger partial charge in [0.05, 0.1) is 6.10 Å². The normalized spacial score (nSPS) is 15.8. The van der Waals surface area contributed by atoms with Crippen LogP contribution in [0.25, 0.3) is 0 Å². The molecule has 0 spiro atoms.